The molecular formula is C7H8F3NO2. The number of carbonyl (C=O) groups is 2. The van der Waals surface area contributed by atoms with E-state index in [4.69, 9.17) is 0 Å². The lowest BCUT2D eigenvalue weighted by Gasteiger charge is -2.17. The van der Waals surface area contributed by atoms with Gasteiger partial charge in [0, 0.05) is 11.8 Å². The first-order chi connectivity index (χ1) is 5.76. The maximum absolute atomic E-state index is 12.1. The molecular weight excluding hydrogens is 187 g/mol. The van der Waals surface area contributed by atoms with E-state index in [1.807, 2.05) is 0 Å². The summed E-state index contributed by atoms with van der Waals surface area (Å²) in [4.78, 5) is 21.3. The van der Waals surface area contributed by atoms with Crippen LogP contribution in [0.4, 0.5) is 13.2 Å². The Hall–Kier alpha value is -1.07. The van der Waals surface area contributed by atoms with Crippen LogP contribution in [0.2, 0.25) is 0 Å². The van der Waals surface area contributed by atoms with Gasteiger partial charge in [0.1, 0.15) is 0 Å². The molecule has 0 bridgehead atoms. The highest BCUT2D eigenvalue weighted by Crippen LogP contribution is 2.33. The van der Waals surface area contributed by atoms with E-state index < -0.39 is 34.9 Å². The summed E-state index contributed by atoms with van der Waals surface area (Å²) < 4.78 is 36.3. The van der Waals surface area contributed by atoms with Gasteiger partial charge in [-0.05, 0) is 0 Å². The average molecular weight is 195 g/mol. The number of amides is 2. The Morgan fingerprint density at radius 3 is 1.54 bits per heavy atom. The van der Waals surface area contributed by atoms with Crippen LogP contribution in [-0.2, 0) is 9.59 Å². The molecule has 1 fully saturated rings. The molecule has 1 heterocycles. The standard InChI is InChI=1S/C7H8F3NO2/c1-3-4(2)6(13)11(5(3)12)7(8,9)10/h3-4H,1-2H3. The van der Waals surface area contributed by atoms with Crippen molar-refractivity contribution in [3.63, 3.8) is 0 Å². The molecule has 2 unspecified atom stereocenters. The van der Waals surface area contributed by atoms with Crippen LogP contribution in [0.3, 0.4) is 0 Å². The molecule has 0 aromatic rings. The first-order valence-electron chi connectivity index (χ1n) is 3.71. The van der Waals surface area contributed by atoms with Crippen LogP contribution in [0.5, 0.6) is 0 Å². The average Bonchev–Trinajstić information content (AvgIpc) is 2.14. The summed E-state index contributed by atoms with van der Waals surface area (Å²) in [5.74, 6) is -4.08. The molecule has 1 rings (SSSR count). The van der Waals surface area contributed by atoms with Crippen LogP contribution in [0.1, 0.15) is 13.8 Å². The van der Waals surface area contributed by atoms with Crippen molar-refractivity contribution in [2.24, 2.45) is 11.8 Å². The Kier molecular flexibility index (Phi) is 2.09. The molecule has 6 heteroatoms. The minimum atomic E-state index is -4.88. The van der Waals surface area contributed by atoms with Gasteiger partial charge >= 0.3 is 6.30 Å². The van der Waals surface area contributed by atoms with Crippen LogP contribution in [0, 0.1) is 11.8 Å². The predicted molar refractivity (Wildman–Crippen MR) is 36.2 cm³/mol. The summed E-state index contributed by atoms with van der Waals surface area (Å²) in [6.07, 6.45) is -4.88. The normalized spacial score (nSPS) is 30.1. The van der Waals surface area contributed by atoms with E-state index in [9.17, 15) is 22.8 Å². The number of hydrogen-bond acceptors (Lipinski definition) is 2. The van der Waals surface area contributed by atoms with Crippen molar-refractivity contribution in [1.29, 1.82) is 0 Å². The van der Waals surface area contributed by atoms with Crippen LogP contribution >= 0.6 is 0 Å². The van der Waals surface area contributed by atoms with E-state index in [0.29, 0.717) is 0 Å². The molecule has 13 heavy (non-hydrogen) atoms. The third kappa shape index (κ3) is 1.40. The summed E-state index contributed by atoms with van der Waals surface area (Å²) in [6.45, 7) is 2.63. The third-order valence-corrected chi connectivity index (χ3v) is 2.22. The molecule has 2 amide bonds. The largest absolute Gasteiger partial charge is 0.493 e. The molecule has 0 N–H and O–H groups in total. The fourth-order valence-corrected chi connectivity index (χ4v) is 1.19. The van der Waals surface area contributed by atoms with Crippen molar-refractivity contribution < 1.29 is 22.8 Å². The highest BCUT2D eigenvalue weighted by Gasteiger charge is 2.54. The number of likely N-dealkylation sites (tertiary alicyclic amines) is 1. The summed E-state index contributed by atoms with van der Waals surface area (Å²) in [6, 6.07) is 0. The molecule has 0 saturated carbocycles. The van der Waals surface area contributed by atoms with Crippen molar-refractivity contribution in [3.8, 4) is 0 Å². The zero-order valence-electron chi connectivity index (χ0n) is 7.05. The van der Waals surface area contributed by atoms with Crippen molar-refractivity contribution in [2.45, 2.75) is 20.1 Å². The summed E-state index contributed by atoms with van der Waals surface area (Å²) in [7, 11) is 0. The molecule has 0 aromatic carbocycles. The highest BCUT2D eigenvalue weighted by molar-refractivity contribution is 6.05. The highest BCUT2D eigenvalue weighted by atomic mass is 19.4. The smallest absolute Gasteiger partial charge is 0.274 e. The van der Waals surface area contributed by atoms with E-state index in [2.05, 4.69) is 0 Å². The van der Waals surface area contributed by atoms with Gasteiger partial charge in [0.25, 0.3) is 0 Å². The zero-order chi connectivity index (χ0) is 10.4. The number of carbonyl (C=O) groups excluding carboxylic acids is 2. The Balaban J connectivity index is 3.02. The topological polar surface area (TPSA) is 37.4 Å². The molecule has 1 aliphatic rings. The number of nitrogens with zero attached hydrogens (tertiary/aromatic N) is 1. The SMILES string of the molecule is CC1C(=O)N(C(F)(F)F)C(=O)C1C. The molecule has 0 radical (unpaired) electrons. The minimum Gasteiger partial charge on any atom is -0.274 e. The van der Waals surface area contributed by atoms with E-state index >= 15 is 0 Å². The Labute approximate surface area is 72.5 Å². The summed E-state index contributed by atoms with van der Waals surface area (Å²) in [5, 5.41) is 0. The first kappa shape index (κ1) is 10.0. The summed E-state index contributed by atoms with van der Waals surface area (Å²) in [5.41, 5.74) is 0. The maximum atomic E-state index is 12.1. The number of halogens is 3. The van der Waals surface area contributed by atoms with Gasteiger partial charge in [-0.1, -0.05) is 13.8 Å². The zero-order valence-corrected chi connectivity index (χ0v) is 7.05. The molecule has 0 aromatic heterocycles. The minimum absolute atomic E-state index is 0.609. The van der Waals surface area contributed by atoms with Gasteiger partial charge in [-0.3, -0.25) is 9.59 Å². The Morgan fingerprint density at radius 2 is 1.38 bits per heavy atom. The lowest BCUT2D eigenvalue weighted by Crippen LogP contribution is -2.42. The van der Waals surface area contributed by atoms with Crippen molar-refractivity contribution in [2.75, 3.05) is 0 Å². The molecule has 74 valence electrons. The third-order valence-electron chi connectivity index (χ3n) is 2.22. The maximum Gasteiger partial charge on any atom is 0.493 e. The monoisotopic (exact) mass is 195 g/mol. The van der Waals surface area contributed by atoms with Crippen LogP contribution in [-0.4, -0.2) is 23.0 Å². The molecule has 1 saturated heterocycles. The lowest BCUT2D eigenvalue weighted by atomic mass is 10.00. The van der Waals surface area contributed by atoms with Gasteiger partial charge in [-0.2, -0.15) is 4.90 Å². The van der Waals surface area contributed by atoms with Gasteiger partial charge in [0.05, 0.1) is 0 Å². The van der Waals surface area contributed by atoms with E-state index in [1.54, 1.807) is 0 Å². The van der Waals surface area contributed by atoms with E-state index in [-0.39, 0.29) is 0 Å². The number of imide groups is 1. The quantitative estimate of drug-likeness (QED) is 0.429. The van der Waals surface area contributed by atoms with Gasteiger partial charge < -0.3 is 0 Å². The second kappa shape index (κ2) is 2.71. The van der Waals surface area contributed by atoms with Gasteiger partial charge in [-0.15, -0.1) is 13.2 Å². The van der Waals surface area contributed by atoms with Crippen LogP contribution in [0.25, 0.3) is 0 Å². The second-order valence-electron chi connectivity index (χ2n) is 3.06. The number of rotatable bonds is 0. The van der Waals surface area contributed by atoms with Crippen molar-refractivity contribution in [3.05, 3.63) is 0 Å². The van der Waals surface area contributed by atoms with Crippen molar-refractivity contribution >= 4 is 11.8 Å². The van der Waals surface area contributed by atoms with Crippen LogP contribution in [0.15, 0.2) is 0 Å². The van der Waals surface area contributed by atoms with E-state index in [0.717, 1.165) is 0 Å². The molecule has 1 aliphatic heterocycles. The van der Waals surface area contributed by atoms with Gasteiger partial charge in [-0.25, -0.2) is 0 Å². The fourth-order valence-electron chi connectivity index (χ4n) is 1.19. The number of alkyl halides is 3. The lowest BCUT2D eigenvalue weighted by molar-refractivity contribution is -0.233. The van der Waals surface area contributed by atoms with Crippen molar-refractivity contribution in [1.82, 2.24) is 4.90 Å². The van der Waals surface area contributed by atoms with Crippen LogP contribution < -0.4 is 0 Å². The molecule has 2 atom stereocenters. The van der Waals surface area contributed by atoms with E-state index in [1.165, 1.54) is 13.8 Å². The second-order valence-corrected chi connectivity index (χ2v) is 3.06. The number of hydrogen-bond donors (Lipinski definition) is 0. The Morgan fingerprint density at radius 1 is 1.08 bits per heavy atom. The molecule has 0 aliphatic carbocycles. The Bertz CT molecular complexity index is 241. The molecule has 3 nitrogen and oxygen atoms in total. The summed E-state index contributed by atoms with van der Waals surface area (Å²) >= 11 is 0. The predicted octanol–water partition coefficient (Wildman–Crippen LogP) is 1.15. The van der Waals surface area contributed by atoms with Gasteiger partial charge in [0.2, 0.25) is 11.8 Å². The molecule has 0 spiro atoms. The fraction of sp³-hybridized carbons (Fsp3) is 0.714. The first-order valence-corrected chi connectivity index (χ1v) is 3.71. The van der Waals surface area contributed by atoms with Gasteiger partial charge in [0.15, 0.2) is 0 Å².